The second-order valence-electron chi connectivity index (χ2n) is 7.11. The molecule has 1 aromatic rings. The molecule has 3 rings (SSSR count). The van der Waals surface area contributed by atoms with Crippen LogP contribution >= 0.6 is 0 Å². The van der Waals surface area contributed by atoms with E-state index in [0.717, 1.165) is 24.8 Å². The lowest BCUT2D eigenvalue weighted by molar-refractivity contribution is -0.307. The van der Waals surface area contributed by atoms with Gasteiger partial charge in [-0.05, 0) is 36.8 Å². The molecule has 4 nitrogen and oxygen atoms in total. The van der Waals surface area contributed by atoms with Crippen molar-refractivity contribution in [3.05, 3.63) is 29.8 Å². The number of para-hydroxylation sites is 1. The summed E-state index contributed by atoms with van der Waals surface area (Å²) in [5.41, 5.74) is 0.163. The summed E-state index contributed by atoms with van der Waals surface area (Å²) in [7, 11) is 1.13. The maximum absolute atomic E-state index is 13.2. The third kappa shape index (κ3) is 3.47. The Bertz CT molecular complexity index is 641. The molecule has 7 heteroatoms. The number of ether oxygens (including phenoxy) is 1. The normalized spacial score (nSPS) is 28.9. The fourth-order valence-corrected chi connectivity index (χ4v) is 4.07. The molecule has 1 N–H and O–H groups in total. The number of halogens is 3. The van der Waals surface area contributed by atoms with Gasteiger partial charge in [0.05, 0.1) is 6.04 Å². The Morgan fingerprint density at radius 3 is 2.64 bits per heavy atom. The van der Waals surface area contributed by atoms with Crippen molar-refractivity contribution in [1.29, 1.82) is 0 Å². The molecular weight excluding hydrogens is 333 g/mol. The Labute approximate surface area is 145 Å². The minimum Gasteiger partial charge on any atom is -0.369 e. The van der Waals surface area contributed by atoms with E-state index < -0.39 is 11.8 Å². The molecular formula is C18H23F3N2O2. The van der Waals surface area contributed by atoms with Crippen LogP contribution in [0.4, 0.5) is 18.9 Å². The summed E-state index contributed by atoms with van der Waals surface area (Å²) in [6.45, 7) is 2.63. The van der Waals surface area contributed by atoms with Crippen molar-refractivity contribution in [3.8, 4) is 0 Å². The molecule has 1 atom stereocenters. The highest BCUT2D eigenvalue weighted by Gasteiger charge is 2.62. The van der Waals surface area contributed by atoms with E-state index in [2.05, 4.69) is 10.2 Å². The lowest BCUT2D eigenvalue weighted by Crippen LogP contribution is -2.59. The smallest absolute Gasteiger partial charge is 0.369 e. The molecule has 1 saturated carbocycles. The van der Waals surface area contributed by atoms with Crippen molar-refractivity contribution in [2.75, 3.05) is 25.1 Å². The van der Waals surface area contributed by atoms with Crippen molar-refractivity contribution in [3.63, 3.8) is 0 Å². The lowest BCUT2D eigenvalue weighted by atomic mass is 9.69. The maximum Gasteiger partial charge on any atom is 0.417 e. The molecule has 0 radical (unpaired) electrons. The lowest BCUT2D eigenvalue weighted by Gasteiger charge is -2.49. The van der Waals surface area contributed by atoms with Crippen molar-refractivity contribution >= 4 is 11.6 Å². The van der Waals surface area contributed by atoms with Crippen molar-refractivity contribution < 1.29 is 22.7 Å². The fraction of sp³-hybridized carbons (Fsp3) is 0.611. The zero-order valence-corrected chi connectivity index (χ0v) is 14.4. The molecule has 1 unspecified atom stereocenters. The molecule has 2 aliphatic rings. The number of fused-ring (bicyclic) bond motifs is 1. The zero-order chi connectivity index (χ0) is 18.2. The van der Waals surface area contributed by atoms with Crippen LogP contribution in [0.25, 0.3) is 0 Å². The number of carbonyl (C=O) groups is 1. The summed E-state index contributed by atoms with van der Waals surface area (Å²) in [5, 5.41) is 2.93. The average Bonchev–Trinajstić information content (AvgIpc) is 2.48. The number of amides is 1. The number of nitrogens with one attached hydrogen (secondary N) is 1. The summed E-state index contributed by atoms with van der Waals surface area (Å²) in [5.74, 6) is -0.172. The van der Waals surface area contributed by atoms with Crippen LogP contribution in [0.2, 0.25) is 0 Å². The first kappa shape index (κ1) is 18.0. The largest absolute Gasteiger partial charge is 0.417 e. The molecule has 1 fully saturated rings. The summed E-state index contributed by atoms with van der Waals surface area (Å²) in [4.78, 5) is 13.5. The Morgan fingerprint density at radius 2 is 2.04 bits per heavy atom. The first-order valence-electron chi connectivity index (χ1n) is 8.46. The minimum atomic E-state index is -4.34. The molecule has 1 aliphatic heterocycles. The van der Waals surface area contributed by atoms with E-state index in [1.165, 1.54) is 6.92 Å². The second-order valence-corrected chi connectivity index (χ2v) is 7.11. The summed E-state index contributed by atoms with van der Waals surface area (Å²) >= 11 is 0. The summed E-state index contributed by atoms with van der Waals surface area (Å²) in [6.07, 6.45) is -3.63. The van der Waals surface area contributed by atoms with Crippen LogP contribution in [-0.4, -0.2) is 43.9 Å². The molecule has 0 spiro atoms. The second kappa shape index (κ2) is 6.52. The van der Waals surface area contributed by atoms with E-state index in [1.807, 2.05) is 24.3 Å². The van der Waals surface area contributed by atoms with Gasteiger partial charge in [-0.1, -0.05) is 18.2 Å². The number of hydrogen-bond donors (Lipinski definition) is 1. The Hall–Kier alpha value is -1.76. The SMILES string of the molecule is COC1(C(F)(F)F)CC(CN2CC(NC(C)=O)Cc3ccccc32)C1. The Kier molecular flexibility index (Phi) is 4.70. The molecule has 0 saturated heterocycles. The van der Waals surface area contributed by atoms with Gasteiger partial charge in [0.15, 0.2) is 5.60 Å². The molecule has 1 heterocycles. The van der Waals surface area contributed by atoms with Crippen molar-refractivity contribution in [1.82, 2.24) is 5.32 Å². The van der Waals surface area contributed by atoms with E-state index in [9.17, 15) is 18.0 Å². The van der Waals surface area contributed by atoms with Crippen LogP contribution in [0.3, 0.4) is 0 Å². The van der Waals surface area contributed by atoms with Gasteiger partial charge in [0, 0.05) is 32.8 Å². The predicted octanol–water partition coefficient (Wildman–Crippen LogP) is 2.91. The molecule has 1 amide bonds. The van der Waals surface area contributed by atoms with E-state index in [1.54, 1.807) is 0 Å². The summed E-state index contributed by atoms with van der Waals surface area (Å²) < 4.78 is 44.3. The number of benzene rings is 1. The van der Waals surface area contributed by atoms with Crippen LogP contribution in [0.1, 0.15) is 25.3 Å². The van der Waals surface area contributed by atoms with E-state index >= 15 is 0 Å². The van der Waals surface area contributed by atoms with Crippen molar-refractivity contribution in [2.45, 2.75) is 44.0 Å². The fourth-order valence-electron chi connectivity index (χ4n) is 4.07. The van der Waals surface area contributed by atoms with Crippen molar-refractivity contribution in [2.24, 2.45) is 5.92 Å². The topological polar surface area (TPSA) is 41.6 Å². The number of nitrogens with zero attached hydrogens (tertiary/aromatic N) is 1. The van der Waals surface area contributed by atoms with Gasteiger partial charge in [-0.2, -0.15) is 13.2 Å². The predicted molar refractivity (Wildman–Crippen MR) is 88.5 cm³/mol. The highest BCUT2D eigenvalue weighted by atomic mass is 19.4. The molecule has 1 aliphatic carbocycles. The Balaban J connectivity index is 1.71. The molecule has 0 aromatic heterocycles. The van der Waals surface area contributed by atoms with Gasteiger partial charge in [-0.25, -0.2) is 0 Å². The van der Waals surface area contributed by atoms with Crippen LogP contribution < -0.4 is 10.2 Å². The highest BCUT2D eigenvalue weighted by molar-refractivity contribution is 5.73. The minimum absolute atomic E-state index is 0.0174. The number of hydrogen-bond acceptors (Lipinski definition) is 3. The zero-order valence-electron chi connectivity index (χ0n) is 14.4. The monoisotopic (exact) mass is 356 g/mol. The number of rotatable bonds is 4. The third-order valence-corrected chi connectivity index (χ3v) is 5.27. The van der Waals surface area contributed by atoms with Gasteiger partial charge >= 0.3 is 6.18 Å². The number of methoxy groups -OCH3 is 1. The van der Waals surface area contributed by atoms with Gasteiger partial charge in [0.2, 0.25) is 5.91 Å². The highest BCUT2D eigenvalue weighted by Crippen LogP contribution is 2.51. The first-order chi connectivity index (χ1) is 11.7. The molecule has 0 bridgehead atoms. The van der Waals surface area contributed by atoms with E-state index in [4.69, 9.17) is 4.74 Å². The summed E-state index contributed by atoms with van der Waals surface area (Å²) in [6, 6.07) is 7.84. The molecule has 25 heavy (non-hydrogen) atoms. The maximum atomic E-state index is 13.2. The van der Waals surface area contributed by atoms with Crippen LogP contribution in [0.15, 0.2) is 24.3 Å². The number of carbonyl (C=O) groups excluding carboxylic acids is 1. The van der Waals surface area contributed by atoms with E-state index in [0.29, 0.717) is 13.1 Å². The van der Waals surface area contributed by atoms with Gasteiger partial charge < -0.3 is 15.0 Å². The third-order valence-electron chi connectivity index (χ3n) is 5.27. The van der Waals surface area contributed by atoms with Crippen LogP contribution in [-0.2, 0) is 16.0 Å². The van der Waals surface area contributed by atoms with E-state index in [-0.39, 0.29) is 30.7 Å². The van der Waals surface area contributed by atoms with Gasteiger partial charge in [0.1, 0.15) is 0 Å². The molecule has 1 aromatic carbocycles. The quantitative estimate of drug-likeness (QED) is 0.902. The van der Waals surface area contributed by atoms with Crippen LogP contribution in [0.5, 0.6) is 0 Å². The number of anilines is 1. The van der Waals surface area contributed by atoms with Gasteiger partial charge in [-0.15, -0.1) is 0 Å². The van der Waals surface area contributed by atoms with Gasteiger partial charge in [0.25, 0.3) is 0 Å². The molecule has 138 valence electrons. The Morgan fingerprint density at radius 1 is 1.36 bits per heavy atom. The van der Waals surface area contributed by atoms with Crippen LogP contribution in [0, 0.1) is 5.92 Å². The first-order valence-corrected chi connectivity index (χ1v) is 8.46. The number of alkyl halides is 3. The standard InChI is InChI=1S/C18H23F3N2O2/c1-12(24)22-15-7-14-5-3-4-6-16(14)23(11-15)10-13-8-17(9-13,25-2)18(19,20)21/h3-6,13,15H,7-11H2,1-2H3,(H,22,24). The average molecular weight is 356 g/mol. The van der Waals surface area contributed by atoms with Gasteiger partial charge in [-0.3, -0.25) is 4.79 Å².